The van der Waals surface area contributed by atoms with Crippen molar-refractivity contribution in [1.29, 1.82) is 0 Å². The van der Waals surface area contributed by atoms with Gasteiger partial charge in [0.15, 0.2) is 11.6 Å². The molecule has 1 aliphatic heterocycles. The molecule has 1 aromatic rings. The molecule has 0 saturated carbocycles. The highest BCUT2D eigenvalue weighted by molar-refractivity contribution is 5.94. The van der Waals surface area contributed by atoms with Crippen molar-refractivity contribution in [2.24, 2.45) is 5.84 Å². The number of hydrogen-bond acceptors (Lipinski definition) is 4. The van der Waals surface area contributed by atoms with E-state index in [0.29, 0.717) is 19.7 Å². The van der Waals surface area contributed by atoms with Crippen LogP contribution in [0.2, 0.25) is 0 Å². The molecule has 0 radical (unpaired) electrons. The maximum absolute atomic E-state index is 13.6. The summed E-state index contributed by atoms with van der Waals surface area (Å²) >= 11 is 0. The van der Waals surface area contributed by atoms with Crippen LogP contribution in [-0.2, 0) is 4.74 Å². The summed E-state index contributed by atoms with van der Waals surface area (Å²) in [5.74, 6) is 2.87. The van der Waals surface area contributed by atoms with E-state index >= 15 is 0 Å². The molecule has 0 bridgehead atoms. The first kappa shape index (κ1) is 15.7. The fraction of sp³-hybridized carbons (Fsp3) is 0.500. The second kappa shape index (κ2) is 6.82. The number of hydrogen-bond donors (Lipinski definition) is 2. The van der Waals surface area contributed by atoms with Crippen molar-refractivity contribution in [3.63, 3.8) is 0 Å². The van der Waals surface area contributed by atoms with Gasteiger partial charge in [-0.05, 0) is 31.9 Å². The van der Waals surface area contributed by atoms with E-state index < -0.39 is 17.3 Å². The van der Waals surface area contributed by atoms with Crippen LogP contribution in [0.1, 0.15) is 30.1 Å². The number of halogens is 2. The number of nitrogens with one attached hydrogen (secondary N) is 1. The molecule has 1 aromatic carbocycles. The van der Waals surface area contributed by atoms with Crippen molar-refractivity contribution in [2.45, 2.75) is 25.9 Å². The summed E-state index contributed by atoms with van der Waals surface area (Å²) in [7, 11) is 0. The van der Waals surface area contributed by atoms with Crippen LogP contribution in [0.5, 0.6) is 0 Å². The lowest BCUT2D eigenvalue weighted by molar-refractivity contribution is 0.0146. The van der Waals surface area contributed by atoms with E-state index in [2.05, 4.69) is 0 Å². The summed E-state index contributed by atoms with van der Waals surface area (Å²) in [6.45, 7) is 3.60. The predicted octanol–water partition coefficient (Wildman–Crippen LogP) is 1.89. The maximum Gasteiger partial charge on any atom is 0.254 e. The summed E-state index contributed by atoms with van der Waals surface area (Å²) < 4.78 is 32.8. The minimum absolute atomic E-state index is 0.0149. The molecule has 1 fully saturated rings. The Balaban J connectivity index is 2.07. The number of carbonyl (C=O) groups excluding carboxylic acids is 1. The number of ether oxygens (including phenoxy) is 1. The number of amides is 1. The zero-order valence-electron chi connectivity index (χ0n) is 11.9. The van der Waals surface area contributed by atoms with Gasteiger partial charge in [0.25, 0.3) is 5.91 Å². The summed E-state index contributed by atoms with van der Waals surface area (Å²) in [4.78, 5) is 13.9. The Labute approximate surface area is 122 Å². The first-order chi connectivity index (χ1) is 10.1. The van der Waals surface area contributed by atoms with Gasteiger partial charge in [-0.25, -0.2) is 8.78 Å². The van der Waals surface area contributed by atoms with Crippen LogP contribution in [0, 0.1) is 11.6 Å². The standard InChI is InChI=1S/C14H19F2N3O2/c1-2-21-10-3-5-19(6-4-10)14(20)9-7-11(15)13(18-17)12(16)8-9/h7-8,10,18H,2-6,17H2,1H3. The number of carbonyl (C=O) groups is 1. The van der Waals surface area contributed by atoms with Crippen LogP contribution in [-0.4, -0.2) is 36.6 Å². The van der Waals surface area contributed by atoms with Crippen molar-refractivity contribution in [1.82, 2.24) is 4.90 Å². The quantitative estimate of drug-likeness (QED) is 0.658. The summed E-state index contributed by atoms with van der Waals surface area (Å²) in [5, 5.41) is 0. The Kier molecular flexibility index (Phi) is 5.08. The molecule has 1 amide bonds. The van der Waals surface area contributed by atoms with E-state index in [1.54, 1.807) is 4.90 Å². The van der Waals surface area contributed by atoms with E-state index in [-0.39, 0.29) is 17.6 Å². The van der Waals surface area contributed by atoms with Crippen molar-refractivity contribution in [2.75, 3.05) is 25.1 Å². The molecule has 1 saturated heterocycles. The number of benzene rings is 1. The highest BCUT2D eigenvalue weighted by Gasteiger charge is 2.25. The average Bonchev–Trinajstić information content (AvgIpc) is 2.47. The maximum atomic E-state index is 13.6. The number of likely N-dealkylation sites (tertiary alicyclic amines) is 1. The third-order valence-corrected chi connectivity index (χ3v) is 3.56. The van der Waals surface area contributed by atoms with Gasteiger partial charge in [0, 0.05) is 25.3 Å². The number of anilines is 1. The van der Waals surface area contributed by atoms with Gasteiger partial charge in [-0.3, -0.25) is 10.6 Å². The van der Waals surface area contributed by atoms with Crippen LogP contribution in [0.25, 0.3) is 0 Å². The molecule has 0 spiro atoms. The fourth-order valence-electron chi connectivity index (χ4n) is 2.48. The molecule has 1 aliphatic rings. The molecule has 0 aromatic heterocycles. The molecule has 21 heavy (non-hydrogen) atoms. The van der Waals surface area contributed by atoms with E-state index in [0.717, 1.165) is 25.0 Å². The topological polar surface area (TPSA) is 67.6 Å². The Morgan fingerprint density at radius 2 is 1.95 bits per heavy atom. The minimum Gasteiger partial charge on any atom is -0.378 e. The van der Waals surface area contributed by atoms with Gasteiger partial charge in [-0.2, -0.15) is 0 Å². The predicted molar refractivity (Wildman–Crippen MR) is 74.7 cm³/mol. The average molecular weight is 299 g/mol. The Morgan fingerprint density at radius 1 is 1.38 bits per heavy atom. The molecule has 3 N–H and O–H groups in total. The van der Waals surface area contributed by atoms with Gasteiger partial charge in [0.05, 0.1) is 6.10 Å². The minimum atomic E-state index is -0.884. The van der Waals surface area contributed by atoms with Gasteiger partial charge >= 0.3 is 0 Å². The first-order valence-corrected chi connectivity index (χ1v) is 6.93. The molecule has 1 heterocycles. The molecule has 0 unspecified atom stereocenters. The highest BCUT2D eigenvalue weighted by atomic mass is 19.1. The van der Waals surface area contributed by atoms with Gasteiger partial charge in [0.1, 0.15) is 5.69 Å². The van der Waals surface area contributed by atoms with Crippen LogP contribution in [0.4, 0.5) is 14.5 Å². The lowest BCUT2D eigenvalue weighted by Gasteiger charge is -2.31. The largest absolute Gasteiger partial charge is 0.378 e. The molecule has 7 heteroatoms. The smallest absolute Gasteiger partial charge is 0.254 e. The van der Waals surface area contributed by atoms with Gasteiger partial charge in [-0.1, -0.05) is 0 Å². The third kappa shape index (κ3) is 3.48. The number of nitrogens with zero attached hydrogens (tertiary/aromatic N) is 1. The summed E-state index contributed by atoms with van der Waals surface area (Å²) in [6.07, 6.45) is 1.61. The zero-order valence-corrected chi connectivity index (χ0v) is 11.9. The molecule has 0 aliphatic carbocycles. The number of nitrogen functional groups attached to an aromatic ring is 1. The van der Waals surface area contributed by atoms with Gasteiger partial charge in [0.2, 0.25) is 0 Å². The van der Waals surface area contributed by atoms with E-state index in [9.17, 15) is 13.6 Å². The van der Waals surface area contributed by atoms with Crippen molar-refractivity contribution in [3.05, 3.63) is 29.3 Å². The number of piperidine rings is 1. The van der Waals surface area contributed by atoms with E-state index in [1.165, 1.54) is 0 Å². The Morgan fingerprint density at radius 3 is 2.43 bits per heavy atom. The molecular weight excluding hydrogens is 280 g/mol. The zero-order chi connectivity index (χ0) is 15.4. The van der Waals surface area contributed by atoms with Gasteiger partial charge < -0.3 is 15.1 Å². The van der Waals surface area contributed by atoms with E-state index in [1.807, 2.05) is 12.3 Å². The molecular formula is C14H19F2N3O2. The third-order valence-electron chi connectivity index (χ3n) is 3.56. The normalized spacial score (nSPS) is 16.1. The number of rotatable bonds is 4. The SMILES string of the molecule is CCOC1CCN(C(=O)c2cc(F)c(NN)c(F)c2)CC1. The Bertz CT molecular complexity index is 494. The van der Waals surface area contributed by atoms with E-state index in [4.69, 9.17) is 10.6 Å². The lowest BCUT2D eigenvalue weighted by Crippen LogP contribution is -2.41. The van der Waals surface area contributed by atoms with Crippen molar-refractivity contribution < 1.29 is 18.3 Å². The van der Waals surface area contributed by atoms with Crippen molar-refractivity contribution in [3.8, 4) is 0 Å². The molecule has 5 nitrogen and oxygen atoms in total. The Hall–Kier alpha value is -1.73. The van der Waals surface area contributed by atoms with Crippen LogP contribution < -0.4 is 11.3 Å². The highest BCUT2D eigenvalue weighted by Crippen LogP contribution is 2.22. The fourth-order valence-corrected chi connectivity index (χ4v) is 2.48. The second-order valence-corrected chi connectivity index (χ2v) is 4.91. The summed E-state index contributed by atoms with van der Waals surface area (Å²) in [5.41, 5.74) is 1.48. The number of nitrogens with two attached hydrogens (primary N) is 1. The lowest BCUT2D eigenvalue weighted by atomic mass is 10.1. The van der Waals surface area contributed by atoms with Crippen molar-refractivity contribution >= 4 is 11.6 Å². The monoisotopic (exact) mass is 299 g/mol. The molecule has 0 atom stereocenters. The van der Waals surface area contributed by atoms with Crippen LogP contribution in [0.15, 0.2) is 12.1 Å². The van der Waals surface area contributed by atoms with Crippen LogP contribution >= 0.6 is 0 Å². The summed E-state index contributed by atoms with van der Waals surface area (Å²) in [6, 6.07) is 1.99. The van der Waals surface area contributed by atoms with Crippen LogP contribution in [0.3, 0.4) is 0 Å². The first-order valence-electron chi connectivity index (χ1n) is 6.93. The molecule has 116 valence electrons. The van der Waals surface area contributed by atoms with Gasteiger partial charge in [-0.15, -0.1) is 0 Å². The number of hydrazine groups is 1. The molecule has 2 rings (SSSR count). The second-order valence-electron chi connectivity index (χ2n) is 4.91.